The van der Waals surface area contributed by atoms with E-state index in [4.69, 9.17) is 9.72 Å². The number of rotatable bonds is 4. The zero-order valence-corrected chi connectivity index (χ0v) is 21.9. The van der Waals surface area contributed by atoms with Crippen molar-refractivity contribution in [1.29, 1.82) is 0 Å². The van der Waals surface area contributed by atoms with Gasteiger partial charge in [-0.1, -0.05) is 48.5 Å². The Morgan fingerprint density at radius 2 is 1.72 bits per heavy atom. The quantitative estimate of drug-likeness (QED) is 0.329. The summed E-state index contributed by atoms with van der Waals surface area (Å²) in [6.45, 7) is 8.42. The number of carbonyl (C=O) groups excluding carboxylic acids is 2. The molecule has 2 aromatic heterocycles. The van der Waals surface area contributed by atoms with Gasteiger partial charge in [0.05, 0.1) is 29.4 Å². The van der Waals surface area contributed by atoms with Crippen LogP contribution in [0.1, 0.15) is 58.9 Å². The predicted octanol–water partition coefficient (Wildman–Crippen LogP) is 6.16. The third-order valence-corrected chi connectivity index (χ3v) is 7.96. The first-order chi connectivity index (χ1) is 17.1. The molecule has 0 atom stereocenters. The number of aromatic nitrogens is 1. The molecule has 1 aliphatic heterocycles. The first kappa shape index (κ1) is 24.2. The van der Waals surface area contributed by atoms with Crippen LogP contribution in [-0.2, 0) is 16.7 Å². The number of hydrogen-bond donors (Lipinski definition) is 2. The molecule has 0 bridgehead atoms. The Balaban J connectivity index is 1.62. The van der Waals surface area contributed by atoms with Crippen LogP contribution in [0.4, 0.5) is 5.00 Å². The molecule has 1 aliphatic rings. The molecule has 2 N–H and O–H groups in total. The van der Waals surface area contributed by atoms with Gasteiger partial charge in [-0.2, -0.15) is 0 Å². The zero-order chi connectivity index (χ0) is 25.7. The van der Waals surface area contributed by atoms with Gasteiger partial charge in [-0.15, -0.1) is 11.3 Å². The molecule has 184 valence electrons. The van der Waals surface area contributed by atoms with E-state index >= 15 is 0 Å². The van der Waals surface area contributed by atoms with Gasteiger partial charge in [-0.25, -0.2) is 9.78 Å². The van der Waals surface area contributed by atoms with E-state index in [-0.39, 0.29) is 17.0 Å². The van der Waals surface area contributed by atoms with Crippen molar-refractivity contribution in [2.45, 2.75) is 45.2 Å². The summed E-state index contributed by atoms with van der Waals surface area (Å²) >= 11 is 1.43. The normalized spacial score (nSPS) is 15.8. The smallest absolute Gasteiger partial charge is 0.341 e. The van der Waals surface area contributed by atoms with Crippen LogP contribution >= 0.6 is 11.3 Å². The van der Waals surface area contributed by atoms with Crippen LogP contribution in [0.2, 0.25) is 0 Å². The molecule has 5 rings (SSSR count). The summed E-state index contributed by atoms with van der Waals surface area (Å²) in [7, 11) is 1.37. The first-order valence-corrected chi connectivity index (χ1v) is 12.7. The maximum Gasteiger partial charge on any atom is 0.341 e. The Labute approximate surface area is 214 Å². The fourth-order valence-electron chi connectivity index (χ4n) is 5.22. The number of hydrogen-bond acceptors (Lipinski definition) is 6. The van der Waals surface area contributed by atoms with E-state index in [1.54, 1.807) is 0 Å². The molecular weight excluding hydrogens is 470 g/mol. The van der Waals surface area contributed by atoms with Gasteiger partial charge in [-0.3, -0.25) is 4.79 Å². The average molecular weight is 500 g/mol. The van der Waals surface area contributed by atoms with Crippen molar-refractivity contribution >= 4 is 39.1 Å². The lowest BCUT2D eigenvalue weighted by Gasteiger charge is -2.42. The minimum Gasteiger partial charge on any atom is -0.465 e. The lowest BCUT2D eigenvalue weighted by molar-refractivity contribution is 0.0600. The van der Waals surface area contributed by atoms with Crippen LogP contribution in [0.3, 0.4) is 0 Å². The largest absolute Gasteiger partial charge is 0.465 e. The van der Waals surface area contributed by atoms with Crippen molar-refractivity contribution < 1.29 is 14.3 Å². The second-order valence-electron chi connectivity index (χ2n) is 10.3. The number of pyridine rings is 1. The van der Waals surface area contributed by atoms with E-state index in [1.165, 1.54) is 18.4 Å². The average Bonchev–Trinajstić information content (AvgIpc) is 3.20. The molecule has 7 heteroatoms. The van der Waals surface area contributed by atoms with Crippen LogP contribution in [0.25, 0.3) is 22.2 Å². The topological polar surface area (TPSA) is 80.3 Å². The first-order valence-electron chi connectivity index (χ1n) is 11.9. The number of amides is 1. The number of methoxy groups -OCH3 is 1. The van der Waals surface area contributed by atoms with Crippen LogP contribution in [0.15, 0.2) is 60.7 Å². The number of carbonyl (C=O) groups is 2. The highest BCUT2D eigenvalue weighted by molar-refractivity contribution is 7.17. The van der Waals surface area contributed by atoms with Crippen molar-refractivity contribution in [3.8, 4) is 11.3 Å². The predicted molar refractivity (Wildman–Crippen MR) is 145 cm³/mol. The SMILES string of the molecule is COC(=O)c1c(NC(=O)c2cc(-c3ccccc3)nc3ccccc23)sc2c1CC(C)(C)NC2(C)C. The molecule has 0 aliphatic carbocycles. The molecule has 0 saturated carbocycles. The molecule has 0 unspecified atom stereocenters. The van der Waals surface area contributed by atoms with Crippen molar-refractivity contribution in [3.63, 3.8) is 0 Å². The van der Waals surface area contributed by atoms with E-state index in [1.807, 2.05) is 60.7 Å². The number of para-hydroxylation sites is 1. The highest BCUT2D eigenvalue weighted by Crippen LogP contribution is 2.45. The number of benzene rings is 2. The van der Waals surface area contributed by atoms with Gasteiger partial charge in [0.25, 0.3) is 5.91 Å². The number of thiophene rings is 1. The van der Waals surface area contributed by atoms with Crippen molar-refractivity contribution in [2.75, 3.05) is 12.4 Å². The minimum absolute atomic E-state index is 0.215. The third-order valence-electron chi connectivity index (χ3n) is 6.49. The van der Waals surface area contributed by atoms with E-state index in [0.717, 1.165) is 26.9 Å². The number of esters is 1. The van der Waals surface area contributed by atoms with Gasteiger partial charge in [0, 0.05) is 26.9 Å². The number of ether oxygens (including phenoxy) is 1. The van der Waals surface area contributed by atoms with Crippen molar-refractivity contribution in [2.24, 2.45) is 0 Å². The summed E-state index contributed by atoms with van der Waals surface area (Å²) in [6, 6.07) is 19.2. The van der Waals surface area contributed by atoms with Crippen LogP contribution in [-0.4, -0.2) is 29.5 Å². The molecule has 36 heavy (non-hydrogen) atoms. The van der Waals surface area contributed by atoms with E-state index < -0.39 is 5.97 Å². The summed E-state index contributed by atoms with van der Waals surface area (Å²) in [6.07, 6.45) is 0.652. The van der Waals surface area contributed by atoms with E-state index in [9.17, 15) is 9.59 Å². The van der Waals surface area contributed by atoms with Crippen molar-refractivity contribution in [3.05, 3.63) is 82.2 Å². The summed E-state index contributed by atoms with van der Waals surface area (Å²) < 4.78 is 5.16. The molecule has 1 amide bonds. The molecule has 6 nitrogen and oxygen atoms in total. The van der Waals surface area contributed by atoms with Gasteiger partial charge in [-0.05, 0) is 51.8 Å². The van der Waals surface area contributed by atoms with Crippen molar-refractivity contribution in [1.82, 2.24) is 10.3 Å². The maximum absolute atomic E-state index is 13.8. The van der Waals surface area contributed by atoms with Gasteiger partial charge in [0.15, 0.2) is 0 Å². The van der Waals surface area contributed by atoms with Crippen LogP contribution < -0.4 is 10.6 Å². The zero-order valence-electron chi connectivity index (χ0n) is 21.1. The minimum atomic E-state index is -0.444. The Bertz CT molecular complexity index is 1490. The summed E-state index contributed by atoms with van der Waals surface area (Å²) in [5, 5.41) is 7.97. The molecule has 0 saturated heterocycles. The molecule has 3 heterocycles. The summed E-state index contributed by atoms with van der Waals surface area (Å²) in [4.78, 5) is 32.6. The highest BCUT2D eigenvalue weighted by atomic mass is 32.1. The standard InChI is InChI=1S/C29H29N3O3S/c1-28(2)16-20-23(27(34)35-5)26(36-24(20)29(3,4)32-28)31-25(33)19-15-22(17-11-7-6-8-12-17)30-21-14-10-9-13-18(19)21/h6-15,32H,16H2,1-5H3,(H,31,33). The molecule has 0 radical (unpaired) electrons. The summed E-state index contributed by atoms with van der Waals surface area (Å²) in [5.74, 6) is -0.736. The second kappa shape index (κ2) is 8.84. The second-order valence-corrected chi connectivity index (χ2v) is 11.3. The molecule has 4 aromatic rings. The lowest BCUT2D eigenvalue weighted by atomic mass is 9.81. The fraction of sp³-hybridized carbons (Fsp3) is 0.276. The Kier molecular flexibility index (Phi) is 5.93. The number of nitrogens with one attached hydrogen (secondary N) is 2. The summed E-state index contributed by atoms with van der Waals surface area (Å²) in [5.41, 5.74) is 3.66. The number of nitrogens with zero attached hydrogens (tertiary/aromatic N) is 1. The highest BCUT2D eigenvalue weighted by Gasteiger charge is 2.42. The van der Waals surface area contributed by atoms with Gasteiger partial charge in [0.2, 0.25) is 0 Å². The van der Waals surface area contributed by atoms with Crippen LogP contribution in [0.5, 0.6) is 0 Å². The number of fused-ring (bicyclic) bond motifs is 2. The third kappa shape index (κ3) is 4.29. The molecule has 2 aromatic carbocycles. The van der Waals surface area contributed by atoms with E-state index in [0.29, 0.717) is 28.2 Å². The van der Waals surface area contributed by atoms with Gasteiger partial charge >= 0.3 is 5.97 Å². The Morgan fingerprint density at radius 3 is 2.44 bits per heavy atom. The fourth-order valence-corrected chi connectivity index (χ4v) is 6.48. The lowest BCUT2D eigenvalue weighted by Crippen LogP contribution is -2.55. The maximum atomic E-state index is 13.8. The molecular formula is C29H29N3O3S. The van der Waals surface area contributed by atoms with Gasteiger partial charge in [0.1, 0.15) is 5.00 Å². The Hall–Kier alpha value is -3.55. The Morgan fingerprint density at radius 1 is 1.03 bits per heavy atom. The monoisotopic (exact) mass is 499 g/mol. The van der Waals surface area contributed by atoms with Crippen LogP contribution in [0, 0.1) is 0 Å². The number of anilines is 1. The molecule has 0 fully saturated rings. The van der Waals surface area contributed by atoms with Gasteiger partial charge < -0.3 is 15.4 Å². The van der Waals surface area contributed by atoms with E-state index in [2.05, 4.69) is 38.3 Å². The molecule has 0 spiro atoms.